The number of hydrogen-bond acceptors (Lipinski definition) is 3. The van der Waals surface area contributed by atoms with Crippen molar-refractivity contribution in [1.82, 2.24) is 5.32 Å². The first-order valence-electron chi connectivity index (χ1n) is 6.18. The molecule has 1 amide bonds. The molecule has 0 radical (unpaired) electrons. The summed E-state index contributed by atoms with van der Waals surface area (Å²) < 4.78 is 0. The van der Waals surface area contributed by atoms with Crippen LogP contribution < -0.4 is 5.32 Å². The van der Waals surface area contributed by atoms with Crippen molar-refractivity contribution >= 4 is 23.3 Å². The van der Waals surface area contributed by atoms with Gasteiger partial charge in [0, 0.05) is 23.6 Å². The van der Waals surface area contributed by atoms with Gasteiger partial charge in [0.05, 0.1) is 0 Å². The Morgan fingerprint density at radius 2 is 2.28 bits per heavy atom. The third kappa shape index (κ3) is 4.63. The van der Waals surface area contributed by atoms with Gasteiger partial charge in [-0.25, -0.2) is 0 Å². The Morgan fingerprint density at radius 3 is 2.78 bits per heavy atom. The zero-order valence-corrected chi connectivity index (χ0v) is 12.0. The standard InChI is InChI=1S/C14H21NO2S/c1-10(2)12(6-8-16)15-14(17)5-4-13-11(3)7-9-18-13/h4-5,7,9-10,12,16H,6,8H2,1-3H3,(H,15,17)/b5-4+. The Bertz CT molecular complexity index is 410. The number of nitrogens with one attached hydrogen (secondary N) is 1. The Morgan fingerprint density at radius 1 is 1.56 bits per heavy atom. The summed E-state index contributed by atoms with van der Waals surface area (Å²) in [6, 6.07) is 2.06. The second-order valence-electron chi connectivity index (χ2n) is 4.67. The van der Waals surface area contributed by atoms with Crippen molar-refractivity contribution in [3.63, 3.8) is 0 Å². The van der Waals surface area contributed by atoms with Gasteiger partial charge in [0.1, 0.15) is 0 Å². The number of amides is 1. The fourth-order valence-corrected chi connectivity index (χ4v) is 2.47. The summed E-state index contributed by atoms with van der Waals surface area (Å²) in [4.78, 5) is 12.9. The number of carbonyl (C=O) groups excluding carboxylic acids is 1. The molecule has 1 atom stereocenters. The average molecular weight is 267 g/mol. The molecule has 1 unspecified atom stereocenters. The summed E-state index contributed by atoms with van der Waals surface area (Å²) in [6.07, 6.45) is 3.99. The molecule has 0 saturated carbocycles. The second-order valence-corrected chi connectivity index (χ2v) is 5.62. The van der Waals surface area contributed by atoms with Crippen molar-refractivity contribution in [2.24, 2.45) is 5.92 Å². The zero-order valence-electron chi connectivity index (χ0n) is 11.1. The van der Waals surface area contributed by atoms with Crippen LogP contribution in [0.4, 0.5) is 0 Å². The van der Waals surface area contributed by atoms with Gasteiger partial charge in [0.2, 0.25) is 5.91 Å². The Kier molecular flexibility index (Phi) is 6.09. The number of aliphatic hydroxyl groups is 1. The number of rotatable bonds is 6. The van der Waals surface area contributed by atoms with Crippen molar-refractivity contribution < 1.29 is 9.90 Å². The van der Waals surface area contributed by atoms with Gasteiger partial charge in [0.15, 0.2) is 0 Å². The molecule has 2 N–H and O–H groups in total. The Balaban J connectivity index is 2.55. The molecule has 1 aromatic rings. The van der Waals surface area contributed by atoms with E-state index in [-0.39, 0.29) is 18.6 Å². The zero-order chi connectivity index (χ0) is 13.5. The molecular weight excluding hydrogens is 246 g/mol. The third-order valence-electron chi connectivity index (χ3n) is 2.86. The molecule has 3 nitrogen and oxygen atoms in total. The molecular formula is C14H21NO2S. The lowest BCUT2D eigenvalue weighted by Gasteiger charge is -2.20. The van der Waals surface area contributed by atoms with Gasteiger partial charge >= 0.3 is 0 Å². The summed E-state index contributed by atoms with van der Waals surface area (Å²) in [6.45, 7) is 6.19. The maximum atomic E-state index is 11.8. The van der Waals surface area contributed by atoms with Crippen molar-refractivity contribution in [2.75, 3.05) is 6.61 Å². The number of thiophene rings is 1. The van der Waals surface area contributed by atoms with E-state index in [4.69, 9.17) is 5.11 Å². The minimum Gasteiger partial charge on any atom is -0.396 e. The van der Waals surface area contributed by atoms with E-state index in [1.54, 1.807) is 17.4 Å². The lowest BCUT2D eigenvalue weighted by atomic mass is 10.0. The second kappa shape index (κ2) is 7.34. The van der Waals surface area contributed by atoms with Crippen LogP contribution in [0.5, 0.6) is 0 Å². The van der Waals surface area contributed by atoms with Gasteiger partial charge in [-0.3, -0.25) is 4.79 Å². The van der Waals surface area contributed by atoms with Gasteiger partial charge in [-0.1, -0.05) is 13.8 Å². The molecule has 0 saturated heterocycles. The number of aliphatic hydroxyl groups excluding tert-OH is 1. The predicted molar refractivity (Wildman–Crippen MR) is 76.6 cm³/mol. The Labute approximate surface area is 113 Å². The Hall–Kier alpha value is -1.13. The summed E-state index contributed by atoms with van der Waals surface area (Å²) in [5.41, 5.74) is 1.18. The van der Waals surface area contributed by atoms with Gasteiger partial charge in [-0.2, -0.15) is 0 Å². The van der Waals surface area contributed by atoms with Crippen molar-refractivity contribution in [2.45, 2.75) is 33.2 Å². The van der Waals surface area contributed by atoms with E-state index >= 15 is 0 Å². The molecule has 0 spiro atoms. The smallest absolute Gasteiger partial charge is 0.244 e. The molecule has 1 rings (SSSR count). The number of hydrogen-bond donors (Lipinski definition) is 2. The van der Waals surface area contributed by atoms with Crippen LogP contribution in [-0.2, 0) is 4.79 Å². The van der Waals surface area contributed by atoms with E-state index in [0.717, 1.165) is 4.88 Å². The molecule has 18 heavy (non-hydrogen) atoms. The van der Waals surface area contributed by atoms with E-state index in [9.17, 15) is 4.79 Å². The van der Waals surface area contributed by atoms with Crippen LogP contribution in [0.15, 0.2) is 17.5 Å². The van der Waals surface area contributed by atoms with Gasteiger partial charge in [-0.15, -0.1) is 11.3 Å². The normalized spacial score (nSPS) is 13.2. The van der Waals surface area contributed by atoms with Crippen LogP contribution in [-0.4, -0.2) is 23.7 Å². The van der Waals surface area contributed by atoms with Gasteiger partial charge < -0.3 is 10.4 Å². The topological polar surface area (TPSA) is 49.3 Å². The average Bonchev–Trinajstić information content (AvgIpc) is 2.71. The number of aryl methyl sites for hydroxylation is 1. The molecule has 0 aliphatic heterocycles. The van der Waals surface area contributed by atoms with E-state index in [1.807, 2.05) is 38.3 Å². The molecule has 4 heteroatoms. The maximum absolute atomic E-state index is 11.8. The largest absolute Gasteiger partial charge is 0.396 e. The monoisotopic (exact) mass is 267 g/mol. The van der Waals surface area contributed by atoms with E-state index in [1.165, 1.54) is 5.56 Å². The van der Waals surface area contributed by atoms with E-state index < -0.39 is 0 Å². The van der Waals surface area contributed by atoms with Crippen LogP contribution in [0.2, 0.25) is 0 Å². The van der Waals surface area contributed by atoms with Crippen molar-refractivity contribution in [3.05, 3.63) is 28.0 Å². The van der Waals surface area contributed by atoms with Crippen LogP contribution >= 0.6 is 11.3 Å². The first-order chi connectivity index (χ1) is 8.54. The molecule has 0 bridgehead atoms. The highest BCUT2D eigenvalue weighted by Crippen LogP contribution is 2.16. The maximum Gasteiger partial charge on any atom is 0.244 e. The summed E-state index contributed by atoms with van der Waals surface area (Å²) in [5, 5.41) is 13.9. The molecule has 0 aliphatic carbocycles. The summed E-state index contributed by atoms with van der Waals surface area (Å²) >= 11 is 1.62. The molecule has 1 heterocycles. The molecule has 0 aliphatic rings. The SMILES string of the molecule is Cc1ccsc1/C=C/C(=O)NC(CCO)C(C)C. The molecule has 0 fully saturated rings. The van der Waals surface area contributed by atoms with Gasteiger partial charge in [-0.05, 0) is 42.3 Å². The lowest BCUT2D eigenvalue weighted by molar-refractivity contribution is -0.117. The third-order valence-corrected chi connectivity index (χ3v) is 3.84. The fraction of sp³-hybridized carbons (Fsp3) is 0.500. The van der Waals surface area contributed by atoms with Crippen LogP contribution in [0, 0.1) is 12.8 Å². The first-order valence-corrected chi connectivity index (χ1v) is 7.06. The molecule has 1 aromatic heterocycles. The summed E-state index contributed by atoms with van der Waals surface area (Å²) in [7, 11) is 0. The van der Waals surface area contributed by atoms with E-state index in [2.05, 4.69) is 5.32 Å². The molecule has 100 valence electrons. The minimum absolute atomic E-state index is 0.0246. The van der Waals surface area contributed by atoms with Crippen LogP contribution in [0.3, 0.4) is 0 Å². The van der Waals surface area contributed by atoms with Crippen LogP contribution in [0.1, 0.15) is 30.7 Å². The highest BCUT2D eigenvalue weighted by molar-refractivity contribution is 7.11. The van der Waals surface area contributed by atoms with E-state index in [0.29, 0.717) is 12.3 Å². The summed E-state index contributed by atoms with van der Waals surface area (Å²) in [5.74, 6) is 0.216. The quantitative estimate of drug-likeness (QED) is 0.778. The minimum atomic E-state index is -0.102. The molecule has 0 aromatic carbocycles. The lowest BCUT2D eigenvalue weighted by Crippen LogP contribution is -2.38. The van der Waals surface area contributed by atoms with Crippen LogP contribution in [0.25, 0.3) is 6.08 Å². The highest BCUT2D eigenvalue weighted by atomic mass is 32.1. The fourth-order valence-electron chi connectivity index (χ4n) is 1.65. The number of carbonyl (C=O) groups is 1. The highest BCUT2D eigenvalue weighted by Gasteiger charge is 2.13. The first kappa shape index (κ1) is 14.9. The van der Waals surface area contributed by atoms with Crippen molar-refractivity contribution in [1.29, 1.82) is 0 Å². The van der Waals surface area contributed by atoms with Gasteiger partial charge in [0.25, 0.3) is 0 Å². The van der Waals surface area contributed by atoms with Crippen molar-refractivity contribution in [3.8, 4) is 0 Å². The predicted octanol–water partition coefficient (Wildman–Crippen LogP) is 2.59.